The first-order valence-corrected chi connectivity index (χ1v) is 3.11. The van der Waals surface area contributed by atoms with Crippen LogP contribution in [-0.4, -0.2) is 11.6 Å². The molecule has 0 saturated carbocycles. The normalized spacial score (nSPS) is 8.58. The molecule has 0 amide bonds. The van der Waals surface area contributed by atoms with Crippen LogP contribution >= 0.6 is 0 Å². The highest BCUT2D eigenvalue weighted by atomic mass is 16.5. The van der Waals surface area contributed by atoms with Gasteiger partial charge in [-0.15, -0.1) is 0 Å². The van der Waals surface area contributed by atoms with E-state index >= 15 is 0 Å². The molecule has 12 heavy (non-hydrogen) atoms. The van der Waals surface area contributed by atoms with Gasteiger partial charge in [-0.25, -0.2) is 0 Å². The van der Waals surface area contributed by atoms with Gasteiger partial charge in [-0.1, -0.05) is 0 Å². The second-order valence-electron chi connectivity index (χ2n) is 2.01. The van der Waals surface area contributed by atoms with E-state index in [4.69, 9.17) is 10.4 Å². The van der Waals surface area contributed by atoms with Crippen LogP contribution in [0.1, 0.15) is 5.56 Å². The lowest BCUT2D eigenvalue weighted by atomic mass is 10.2. The fourth-order valence-corrected chi connectivity index (χ4v) is 0.738. The maximum atomic E-state index is 9.88. The number of carbonyl (C=O) groups is 1. The van der Waals surface area contributed by atoms with Crippen molar-refractivity contribution in [2.24, 2.45) is 0 Å². The highest BCUT2D eigenvalue weighted by Gasteiger charge is 2.02. The lowest BCUT2D eigenvalue weighted by Gasteiger charge is -1.99. The summed E-state index contributed by atoms with van der Waals surface area (Å²) in [5.41, 5.74) is 0.311. The number of phenols is 1. The number of hydrogen-bond acceptors (Lipinski definition) is 4. The van der Waals surface area contributed by atoms with Crippen LogP contribution in [0.5, 0.6) is 11.5 Å². The Morgan fingerprint density at radius 1 is 1.58 bits per heavy atom. The van der Waals surface area contributed by atoms with Crippen LogP contribution in [-0.2, 0) is 4.79 Å². The topological polar surface area (TPSA) is 70.3 Å². The number of hydrogen-bond donors (Lipinski definition) is 1. The van der Waals surface area contributed by atoms with Crippen molar-refractivity contribution in [1.82, 2.24) is 0 Å². The van der Waals surface area contributed by atoms with Crippen LogP contribution in [0.25, 0.3) is 0 Å². The number of carbonyl (C=O) groups excluding carboxylic acids is 1. The summed E-state index contributed by atoms with van der Waals surface area (Å²) < 4.78 is 4.40. The smallest absolute Gasteiger partial charge is 0.298 e. The first-order chi connectivity index (χ1) is 5.77. The number of nitriles is 1. The molecule has 1 aromatic carbocycles. The fourth-order valence-electron chi connectivity index (χ4n) is 0.738. The SMILES string of the molecule is N#Cc1ccc(OC=O)c(O)c1. The number of benzene rings is 1. The van der Waals surface area contributed by atoms with E-state index in [9.17, 15) is 4.79 Å². The lowest BCUT2D eigenvalue weighted by molar-refractivity contribution is -0.120. The van der Waals surface area contributed by atoms with Crippen LogP contribution in [0.15, 0.2) is 18.2 Å². The van der Waals surface area contributed by atoms with Crippen molar-refractivity contribution in [3.05, 3.63) is 23.8 Å². The molecule has 0 aliphatic carbocycles. The fraction of sp³-hybridized carbons (Fsp3) is 0. The maximum Gasteiger partial charge on any atom is 0.298 e. The van der Waals surface area contributed by atoms with Gasteiger partial charge in [-0.3, -0.25) is 4.79 Å². The molecule has 4 nitrogen and oxygen atoms in total. The van der Waals surface area contributed by atoms with Gasteiger partial charge in [0.1, 0.15) is 0 Å². The maximum absolute atomic E-state index is 9.88. The van der Waals surface area contributed by atoms with Gasteiger partial charge in [-0.2, -0.15) is 5.26 Å². The summed E-state index contributed by atoms with van der Waals surface area (Å²) in [6.07, 6.45) is 0. The molecule has 0 heterocycles. The number of rotatable bonds is 2. The molecule has 0 radical (unpaired) electrons. The van der Waals surface area contributed by atoms with Crippen molar-refractivity contribution in [3.8, 4) is 17.6 Å². The molecule has 4 heteroatoms. The highest BCUT2D eigenvalue weighted by Crippen LogP contribution is 2.25. The molecule has 0 aliphatic heterocycles. The van der Waals surface area contributed by atoms with E-state index in [-0.39, 0.29) is 18.0 Å². The van der Waals surface area contributed by atoms with Crippen LogP contribution < -0.4 is 4.74 Å². The van der Waals surface area contributed by atoms with Gasteiger partial charge in [0.2, 0.25) is 0 Å². The largest absolute Gasteiger partial charge is 0.504 e. The average Bonchev–Trinajstić information content (AvgIpc) is 2.09. The number of aromatic hydroxyl groups is 1. The Bertz CT molecular complexity index is 341. The third-order valence-corrected chi connectivity index (χ3v) is 1.26. The van der Waals surface area contributed by atoms with Crippen molar-refractivity contribution in [2.45, 2.75) is 0 Å². The number of phenolic OH excluding ortho intramolecular Hbond substituents is 1. The van der Waals surface area contributed by atoms with E-state index in [0.717, 1.165) is 0 Å². The zero-order valence-corrected chi connectivity index (χ0v) is 6.02. The zero-order valence-electron chi connectivity index (χ0n) is 6.02. The molecule has 0 atom stereocenters. The second kappa shape index (κ2) is 3.39. The molecule has 1 rings (SSSR count). The van der Waals surface area contributed by atoms with Crippen molar-refractivity contribution in [3.63, 3.8) is 0 Å². The standard InChI is InChI=1S/C8H5NO3/c9-4-6-1-2-8(12-5-10)7(11)3-6/h1-3,5,11H. The first-order valence-electron chi connectivity index (χ1n) is 3.11. The molecule has 0 aromatic heterocycles. The van der Waals surface area contributed by atoms with Crippen molar-refractivity contribution < 1.29 is 14.6 Å². The van der Waals surface area contributed by atoms with Crippen LogP contribution in [0.3, 0.4) is 0 Å². The zero-order chi connectivity index (χ0) is 8.97. The second-order valence-corrected chi connectivity index (χ2v) is 2.01. The summed E-state index contributed by atoms with van der Waals surface area (Å²) in [6.45, 7) is 0.209. The Morgan fingerprint density at radius 3 is 2.83 bits per heavy atom. The third-order valence-electron chi connectivity index (χ3n) is 1.26. The van der Waals surface area contributed by atoms with Gasteiger partial charge < -0.3 is 9.84 Å². The molecular formula is C8H5NO3. The summed E-state index contributed by atoms with van der Waals surface area (Å²) in [5, 5.41) is 17.5. The molecule has 0 unspecified atom stereocenters. The minimum Gasteiger partial charge on any atom is -0.504 e. The number of nitrogens with zero attached hydrogens (tertiary/aromatic N) is 1. The van der Waals surface area contributed by atoms with Gasteiger partial charge in [-0.05, 0) is 12.1 Å². The molecule has 0 bridgehead atoms. The van der Waals surface area contributed by atoms with Crippen LogP contribution in [0, 0.1) is 11.3 Å². The predicted molar refractivity (Wildman–Crippen MR) is 39.5 cm³/mol. The first kappa shape index (κ1) is 8.08. The minimum absolute atomic E-state index is 0.0454. The highest BCUT2D eigenvalue weighted by molar-refractivity contribution is 5.52. The quantitative estimate of drug-likeness (QED) is 0.654. The van der Waals surface area contributed by atoms with Crippen LogP contribution in [0.2, 0.25) is 0 Å². The van der Waals surface area contributed by atoms with Gasteiger partial charge in [0, 0.05) is 6.07 Å². The van der Waals surface area contributed by atoms with E-state index in [0.29, 0.717) is 5.56 Å². The van der Waals surface area contributed by atoms with E-state index in [1.165, 1.54) is 18.2 Å². The molecule has 1 N–H and O–H groups in total. The summed E-state index contributed by atoms with van der Waals surface area (Å²) in [7, 11) is 0. The molecule has 1 aromatic rings. The average molecular weight is 163 g/mol. The van der Waals surface area contributed by atoms with Crippen molar-refractivity contribution in [1.29, 1.82) is 5.26 Å². The molecule has 60 valence electrons. The summed E-state index contributed by atoms with van der Waals surface area (Å²) >= 11 is 0. The molecule has 0 spiro atoms. The Balaban J connectivity index is 3.04. The van der Waals surface area contributed by atoms with Gasteiger partial charge in [0.15, 0.2) is 11.5 Å². The predicted octanol–water partition coefficient (Wildman–Crippen LogP) is 0.799. The van der Waals surface area contributed by atoms with Crippen LogP contribution in [0.4, 0.5) is 0 Å². The van der Waals surface area contributed by atoms with E-state index in [2.05, 4.69) is 4.74 Å². The third kappa shape index (κ3) is 1.52. The Morgan fingerprint density at radius 2 is 2.33 bits per heavy atom. The Labute approximate surface area is 68.6 Å². The molecular weight excluding hydrogens is 158 g/mol. The minimum atomic E-state index is -0.221. The van der Waals surface area contributed by atoms with E-state index in [1.807, 2.05) is 6.07 Å². The molecule has 0 fully saturated rings. The van der Waals surface area contributed by atoms with Gasteiger partial charge in [0.05, 0.1) is 11.6 Å². The van der Waals surface area contributed by atoms with Crippen molar-refractivity contribution >= 4 is 6.47 Å². The van der Waals surface area contributed by atoms with Gasteiger partial charge >= 0.3 is 0 Å². The summed E-state index contributed by atoms with van der Waals surface area (Å²) in [6, 6.07) is 5.85. The van der Waals surface area contributed by atoms with Gasteiger partial charge in [0.25, 0.3) is 6.47 Å². The Kier molecular flexibility index (Phi) is 2.29. The number of ether oxygens (including phenoxy) is 1. The molecule has 0 aliphatic rings. The Hall–Kier alpha value is -2.02. The lowest BCUT2D eigenvalue weighted by Crippen LogP contribution is -1.88. The summed E-state index contributed by atoms with van der Waals surface area (Å²) in [4.78, 5) is 9.88. The molecule has 0 saturated heterocycles. The summed E-state index contributed by atoms with van der Waals surface area (Å²) in [5.74, 6) is -0.176. The van der Waals surface area contributed by atoms with E-state index in [1.54, 1.807) is 0 Å². The monoisotopic (exact) mass is 163 g/mol. The van der Waals surface area contributed by atoms with Crippen molar-refractivity contribution in [2.75, 3.05) is 0 Å². The van der Waals surface area contributed by atoms with E-state index < -0.39 is 0 Å².